The van der Waals surface area contributed by atoms with Gasteiger partial charge in [-0.25, -0.2) is 9.59 Å². The Labute approximate surface area is 112 Å². The van der Waals surface area contributed by atoms with Crippen molar-refractivity contribution in [2.24, 2.45) is 5.41 Å². The predicted molar refractivity (Wildman–Crippen MR) is 68.9 cm³/mol. The van der Waals surface area contributed by atoms with E-state index in [-0.39, 0.29) is 18.3 Å². The fourth-order valence-electron chi connectivity index (χ4n) is 1.18. The molecule has 4 N–H and O–H groups in total. The maximum absolute atomic E-state index is 11.5. The normalized spacial score (nSPS) is 12.6. The summed E-state index contributed by atoms with van der Waals surface area (Å²) in [5, 5.41) is 22.2. The van der Waals surface area contributed by atoms with E-state index in [4.69, 9.17) is 10.2 Å². The number of nitrogens with one attached hydrogen (secondary N) is 2. The third-order valence-electron chi connectivity index (χ3n) is 2.93. The van der Waals surface area contributed by atoms with Crippen molar-refractivity contribution in [1.82, 2.24) is 10.6 Å². The summed E-state index contributed by atoms with van der Waals surface area (Å²) < 4.78 is 0. The van der Waals surface area contributed by atoms with Crippen molar-refractivity contribution in [3.8, 4) is 0 Å². The van der Waals surface area contributed by atoms with Gasteiger partial charge in [0.2, 0.25) is 0 Å². The molecule has 7 nitrogen and oxygen atoms in total. The topological polar surface area (TPSA) is 116 Å². The van der Waals surface area contributed by atoms with Gasteiger partial charge in [-0.2, -0.15) is 0 Å². The SMILES string of the molecule is CCC(C)(C)CNC(=O)N[C@@H](CCC(=O)O)C(=O)O. The molecule has 0 radical (unpaired) electrons. The third-order valence-corrected chi connectivity index (χ3v) is 2.93. The third kappa shape index (κ3) is 8.01. The van der Waals surface area contributed by atoms with E-state index in [2.05, 4.69) is 10.6 Å². The summed E-state index contributed by atoms with van der Waals surface area (Å²) in [7, 11) is 0. The van der Waals surface area contributed by atoms with Crippen LogP contribution in [0, 0.1) is 5.41 Å². The molecule has 0 saturated heterocycles. The summed E-state index contributed by atoms with van der Waals surface area (Å²) in [4.78, 5) is 32.8. The van der Waals surface area contributed by atoms with Crippen molar-refractivity contribution < 1.29 is 24.6 Å². The van der Waals surface area contributed by atoms with Crippen LogP contribution in [-0.4, -0.2) is 40.8 Å². The number of carboxylic acid groups (broad SMARTS) is 2. The minimum absolute atomic E-state index is 0.0723. The van der Waals surface area contributed by atoms with Crippen molar-refractivity contribution in [2.75, 3.05) is 6.54 Å². The molecule has 0 saturated carbocycles. The molecule has 0 heterocycles. The van der Waals surface area contributed by atoms with Gasteiger partial charge in [0.1, 0.15) is 6.04 Å². The molecule has 0 aromatic carbocycles. The lowest BCUT2D eigenvalue weighted by Gasteiger charge is -2.23. The first-order chi connectivity index (χ1) is 8.68. The monoisotopic (exact) mass is 274 g/mol. The van der Waals surface area contributed by atoms with Gasteiger partial charge in [0, 0.05) is 13.0 Å². The number of hydrogen-bond donors (Lipinski definition) is 4. The highest BCUT2D eigenvalue weighted by atomic mass is 16.4. The van der Waals surface area contributed by atoms with E-state index in [9.17, 15) is 14.4 Å². The van der Waals surface area contributed by atoms with Crippen molar-refractivity contribution in [3.63, 3.8) is 0 Å². The second-order valence-electron chi connectivity index (χ2n) is 5.17. The molecule has 0 aliphatic rings. The molecule has 0 aliphatic carbocycles. The van der Waals surface area contributed by atoms with E-state index in [1.807, 2.05) is 20.8 Å². The van der Waals surface area contributed by atoms with Gasteiger partial charge < -0.3 is 20.8 Å². The molecular weight excluding hydrogens is 252 g/mol. The van der Waals surface area contributed by atoms with Crippen molar-refractivity contribution in [1.29, 1.82) is 0 Å². The standard InChI is InChI=1S/C12H22N2O5/c1-4-12(2,3)7-13-11(19)14-8(10(17)18)5-6-9(15)16/h8H,4-7H2,1-3H3,(H,15,16)(H,17,18)(H2,13,14,19)/t8-/m0/s1. The molecule has 2 amide bonds. The molecule has 0 aliphatic heterocycles. The summed E-state index contributed by atoms with van der Waals surface area (Å²) in [5.41, 5.74) is -0.0723. The summed E-state index contributed by atoms with van der Waals surface area (Å²) in [6.07, 6.45) is 0.418. The molecule has 19 heavy (non-hydrogen) atoms. The van der Waals surface area contributed by atoms with Gasteiger partial charge in [-0.3, -0.25) is 4.79 Å². The number of hydrogen-bond acceptors (Lipinski definition) is 3. The van der Waals surface area contributed by atoms with E-state index in [0.717, 1.165) is 6.42 Å². The Hall–Kier alpha value is -1.79. The van der Waals surface area contributed by atoms with Crippen LogP contribution in [0.4, 0.5) is 4.79 Å². The highest BCUT2D eigenvalue weighted by molar-refractivity contribution is 5.83. The smallest absolute Gasteiger partial charge is 0.326 e. The zero-order valence-electron chi connectivity index (χ0n) is 11.5. The van der Waals surface area contributed by atoms with Gasteiger partial charge in [-0.1, -0.05) is 20.8 Å². The van der Waals surface area contributed by atoms with E-state index < -0.39 is 24.0 Å². The molecule has 0 bridgehead atoms. The lowest BCUT2D eigenvalue weighted by Crippen LogP contribution is -2.48. The van der Waals surface area contributed by atoms with Gasteiger partial charge >= 0.3 is 18.0 Å². The largest absolute Gasteiger partial charge is 0.481 e. The zero-order chi connectivity index (χ0) is 15.1. The Balaban J connectivity index is 4.25. The van der Waals surface area contributed by atoms with Gasteiger partial charge in [0.25, 0.3) is 0 Å². The highest BCUT2D eigenvalue weighted by Crippen LogP contribution is 2.17. The van der Waals surface area contributed by atoms with Crippen molar-refractivity contribution in [3.05, 3.63) is 0 Å². The molecule has 0 aromatic rings. The number of amides is 2. The Bertz CT molecular complexity index is 341. The average Bonchev–Trinajstić information content (AvgIpc) is 2.31. The number of rotatable bonds is 8. The lowest BCUT2D eigenvalue weighted by molar-refractivity contribution is -0.140. The molecule has 110 valence electrons. The van der Waals surface area contributed by atoms with Gasteiger partial charge in [-0.15, -0.1) is 0 Å². The van der Waals surface area contributed by atoms with E-state index in [1.54, 1.807) is 0 Å². The molecule has 1 atom stereocenters. The summed E-state index contributed by atoms with van der Waals surface area (Å²) in [5.74, 6) is -2.34. The number of carbonyl (C=O) groups is 3. The van der Waals surface area contributed by atoms with Crippen LogP contribution in [0.5, 0.6) is 0 Å². The number of urea groups is 1. The molecule has 0 rings (SSSR count). The van der Waals surface area contributed by atoms with E-state index in [1.165, 1.54) is 0 Å². The molecular formula is C12H22N2O5. The van der Waals surface area contributed by atoms with E-state index >= 15 is 0 Å². The van der Waals surface area contributed by atoms with Crippen LogP contribution < -0.4 is 10.6 Å². The van der Waals surface area contributed by atoms with Gasteiger partial charge in [0.15, 0.2) is 0 Å². The quantitative estimate of drug-likeness (QED) is 0.528. The zero-order valence-corrected chi connectivity index (χ0v) is 11.5. The van der Waals surface area contributed by atoms with E-state index in [0.29, 0.717) is 6.54 Å². The minimum atomic E-state index is -1.24. The van der Waals surface area contributed by atoms with Crippen LogP contribution in [0.25, 0.3) is 0 Å². The minimum Gasteiger partial charge on any atom is -0.481 e. The van der Waals surface area contributed by atoms with Gasteiger partial charge in [0.05, 0.1) is 0 Å². The fraction of sp³-hybridized carbons (Fsp3) is 0.750. The van der Waals surface area contributed by atoms with Crippen LogP contribution >= 0.6 is 0 Å². The molecule has 0 spiro atoms. The Kier molecular flexibility index (Phi) is 6.89. The van der Waals surface area contributed by atoms with Crippen LogP contribution in [0.1, 0.15) is 40.0 Å². The first kappa shape index (κ1) is 17.2. The van der Waals surface area contributed by atoms with Crippen LogP contribution in [0.2, 0.25) is 0 Å². The van der Waals surface area contributed by atoms with Gasteiger partial charge in [-0.05, 0) is 18.3 Å². The molecule has 0 aromatic heterocycles. The summed E-state index contributed by atoms with van der Waals surface area (Å²) in [6, 6.07) is -1.79. The maximum atomic E-state index is 11.5. The number of carboxylic acids is 2. The van der Waals surface area contributed by atoms with Crippen LogP contribution in [0.15, 0.2) is 0 Å². The fourth-order valence-corrected chi connectivity index (χ4v) is 1.18. The lowest BCUT2D eigenvalue weighted by atomic mass is 9.90. The number of carbonyl (C=O) groups excluding carboxylic acids is 1. The maximum Gasteiger partial charge on any atom is 0.326 e. The Morgan fingerprint density at radius 1 is 1.21 bits per heavy atom. The summed E-state index contributed by atoms with van der Waals surface area (Å²) >= 11 is 0. The van der Waals surface area contributed by atoms with Crippen LogP contribution in [0.3, 0.4) is 0 Å². The molecule has 0 unspecified atom stereocenters. The predicted octanol–water partition coefficient (Wildman–Crippen LogP) is 1.04. The average molecular weight is 274 g/mol. The summed E-state index contributed by atoms with van der Waals surface area (Å²) in [6.45, 7) is 6.37. The first-order valence-corrected chi connectivity index (χ1v) is 6.17. The molecule has 0 fully saturated rings. The number of aliphatic carboxylic acids is 2. The first-order valence-electron chi connectivity index (χ1n) is 6.17. The van der Waals surface area contributed by atoms with Crippen molar-refractivity contribution in [2.45, 2.75) is 46.1 Å². The Morgan fingerprint density at radius 2 is 1.79 bits per heavy atom. The second kappa shape index (κ2) is 7.60. The highest BCUT2D eigenvalue weighted by Gasteiger charge is 2.22. The Morgan fingerprint density at radius 3 is 2.21 bits per heavy atom. The molecule has 7 heteroatoms. The van der Waals surface area contributed by atoms with Crippen LogP contribution in [-0.2, 0) is 9.59 Å². The van der Waals surface area contributed by atoms with Crippen molar-refractivity contribution >= 4 is 18.0 Å². The second-order valence-corrected chi connectivity index (χ2v) is 5.17.